The number of likely N-dealkylation sites (tertiary alicyclic amines) is 1. The lowest BCUT2D eigenvalue weighted by molar-refractivity contribution is -0.121. The molecule has 0 aliphatic carbocycles. The minimum Gasteiger partial charge on any atom is -0.478 e. The zero-order valence-corrected chi connectivity index (χ0v) is 9.56. The molecular weight excluding hydrogens is 218 g/mol. The standard InChI is InChI=1S/C13H15NO3/c15-11-5-7-14(8-6-11)9-10-3-1-2-4-12(10)13(16)17/h1-4H,5-9H2,(H,16,17). The molecule has 4 heteroatoms. The number of carboxylic acid groups (broad SMARTS) is 1. The highest BCUT2D eigenvalue weighted by atomic mass is 16.4. The summed E-state index contributed by atoms with van der Waals surface area (Å²) >= 11 is 0. The molecule has 0 amide bonds. The minimum absolute atomic E-state index is 0.299. The van der Waals surface area contributed by atoms with E-state index in [2.05, 4.69) is 4.90 Å². The lowest BCUT2D eigenvalue weighted by Gasteiger charge is -2.26. The van der Waals surface area contributed by atoms with Crippen molar-refractivity contribution in [1.29, 1.82) is 0 Å². The maximum Gasteiger partial charge on any atom is 0.336 e. The molecule has 1 aliphatic heterocycles. The molecule has 1 aromatic carbocycles. The normalized spacial score (nSPS) is 17.1. The molecule has 1 fully saturated rings. The lowest BCUT2D eigenvalue weighted by Crippen LogP contribution is -2.33. The van der Waals surface area contributed by atoms with Gasteiger partial charge < -0.3 is 5.11 Å². The van der Waals surface area contributed by atoms with Crippen LogP contribution in [0.2, 0.25) is 0 Å². The average Bonchev–Trinajstić information content (AvgIpc) is 2.32. The maximum atomic E-state index is 11.1. The molecule has 1 N–H and O–H groups in total. The highest BCUT2D eigenvalue weighted by Gasteiger charge is 2.18. The number of Topliss-reactive ketones (excluding diaryl/α,β-unsaturated/α-hetero) is 1. The summed E-state index contributed by atoms with van der Waals surface area (Å²) in [7, 11) is 0. The Labute approximate surface area is 99.9 Å². The molecule has 2 rings (SSSR count). The van der Waals surface area contributed by atoms with E-state index in [1.807, 2.05) is 12.1 Å². The van der Waals surface area contributed by atoms with Crippen LogP contribution in [-0.4, -0.2) is 34.8 Å². The minimum atomic E-state index is -0.895. The SMILES string of the molecule is O=C1CCN(Cc2ccccc2C(=O)O)CC1. The summed E-state index contributed by atoms with van der Waals surface area (Å²) in [5.74, 6) is -0.596. The van der Waals surface area contributed by atoms with Crippen LogP contribution in [0, 0.1) is 0 Å². The molecule has 1 aromatic rings. The Morgan fingerprint density at radius 1 is 1.24 bits per heavy atom. The average molecular weight is 233 g/mol. The summed E-state index contributed by atoms with van der Waals surface area (Å²) in [6.07, 6.45) is 1.16. The van der Waals surface area contributed by atoms with E-state index >= 15 is 0 Å². The van der Waals surface area contributed by atoms with E-state index < -0.39 is 5.97 Å². The first-order valence-electron chi connectivity index (χ1n) is 5.72. The largest absolute Gasteiger partial charge is 0.478 e. The molecule has 17 heavy (non-hydrogen) atoms. The topological polar surface area (TPSA) is 57.6 Å². The fourth-order valence-electron chi connectivity index (χ4n) is 2.07. The first kappa shape index (κ1) is 11.8. The molecule has 1 heterocycles. The first-order valence-corrected chi connectivity index (χ1v) is 5.72. The van der Waals surface area contributed by atoms with Crippen LogP contribution in [0.5, 0.6) is 0 Å². The van der Waals surface area contributed by atoms with Crippen molar-refractivity contribution in [3.05, 3.63) is 35.4 Å². The smallest absolute Gasteiger partial charge is 0.336 e. The second-order valence-corrected chi connectivity index (χ2v) is 4.28. The highest BCUT2D eigenvalue weighted by molar-refractivity contribution is 5.89. The summed E-state index contributed by atoms with van der Waals surface area (Å²) in [5, 5.41) is 9.06. The van der Waals surface area contributed by atoms with Gasteiger partial charge in [0.15, 0.2) is 0 Å². The summed E-state index contributed by atoms with van der Waals surface area (Å²) in [6.45, 7) is 2.06. The van der Waals surface area contributed by atoms with Crippen molar-refractivity contribution in [2.45, 2.75) is 19.4 Å². The van der Waals surface area contributed by atoms with Crippen LogP contribution in [0.15, 0.2) is 24.3 Å². The Hall–Kier alpha value is -1.68. The van der Waals surface area contributed by atoms with E-state index in [0.29, 0.717) is 30.7 Å². The maximum absolute atomic E-state index is 11.1. The van der Waals surface area contributed by atoms with E-state index in [1.165, 1.54) is 0 Å². The van der Waals surface area contributed by atoms with Crippen LogP contribution in [-0.2, 0) is 11.3 Å². The molecule has 0 atom stereocenters. The van der Waals surface area contributed by atoms with Crippen LogP contribution in [0.4, 0.5) is 0 Å². The molecule has 1 saturated heterocycles. The number of ketones is 1. The van der Waals surface area contributed by atoms with Gasteiger partial charge >= 0.3 is 5.97 Å². The Balaban J connectivity index is 2.08. The van der Waals surface area contributed by atoms with E-state index in [0.717, 1.165) is 18.7 Å². The second-order valence-electron chi connectivity index (χ2n) is 4.28. The van der Waals surface area contributed by atoms with Crippen LogP contribution in [0.25, 0.3) is 0 Å². The van der Waals surface area contributed by atoms with Crippen LogP contribution in [0.1, 0.15) is 28.8 Å². The van der Waals surface area contributed by atoms with Gasteiger partial charge in [0.2, 0.25) is 0 Å². The third-order valence-electron chi connectivity index (χ3n) is 3.06. The van der Waals surface area contributed by atoms with E-state index in [9.17, 15) is 9.59 Å². The van der Waals surface area contributed by atoms with Crippen molar-refractivity contribution in [1.82, 2.24) is 4.90 Å². The van der Waals surface area contributed by atoms with Gasteiger partial charge in [0.05, 0.1) is 5.56 Å². The Kier molecular flexibility index (Phi) is 3.54. The summed E-state index contributed by atoms with van der Waals surface area (Å²) in [4.78, 5) is 24.3. The molecule has 0 radical (unpaired) electrons. The van der Waals surface area contributed by atoms with Crippen molar-refractivity contribution in [2.75, 3.05) is 13.1 Å². The summed E-state index contributed by atoms with van der Waals surface area (Å²) < 4.78 is 0. The fraction of sp³-hybridized carbons (Fsp3) is 0.385. The third kappa shape index (κ3) is 2.91. The predicted molar refractivity (Wildman–Crippen MR) is 62.9 cm³/mol. The van der Waals surface area contributed by atoms with Crippen LogP contribution >= 0.6 is 0 Å². The van der Waals surface area contributed by atoms with E-state index in [4.69, 9.17) is 5.11 Å². The molecule has 0 spiro atoms. The van der Waals surface area contributed by atoms with Crippen molar-refractivity contribution < 1.29 is 14.7 Å². The van der Waals surface area contributed by atoms with Gasteiger partial charge in [-0.25, -0.2) is 4.79 Å². The highest BCUT2D eigenvalue weighted by Crippen LogP contribution is 2.14. The number of rotatable bonds is 3. The van der Waals surface area contributed by atoms with Gasteiger partial charge in [-0.15, -0.1) is 0 Å². The molecule has 0 saturated carbocycles. The number of aromatic carboxylic acids is 1. The number of carboxylic acids is 1. The lowest BCUT2D eigenvalue weighted by atomic mass is 10.0. The number of carbonyl (C=O) groups excluding carboxylic acids is 1. The number of carbonyl (C=O) groups is 2. The molecule has 0 unspecified atom stereocenters. The zero-order chi connectivity index (χ0) is 12.3. The van der Waals surface area contributed by atoms with Gasteiger partial charge in [-0.05, 0) is 11.6 Å². The van der Waals surface area contributed by atoms with Crippen molar-refractivity contribution in [3.8, 4) is 0 Å². The fourth-order valence-corrected chi connectivity index (χ4v) is 2.07. The van der Waals surface area contributed by atoms with Gasteiger partial charge in [0.25, 0.3) is 0 Å². The molecule has 0 bridgehead atoms. The van der Waals surface area contributed by atoms with E-state index in [1.54, 1.807) is 12.1 Å². The zero-order valence-electron chi connectivity index (χ0n) is 9.56. The molecule has 4 nitrogen and oxygen atoms in total. The third-order valence-corrected chi connectivity index (χ3v) is 3.06. The van der Waals surface area contributed by atoms with Gasteiger partial charge in [-0.3, -0.25) is 9.69 Å². The number of hydrogen-bond acceptors (Lipinski definition) is 3. The van der Waals surface area contributed by atoms with Gasteiger partial charge in [-0.2, -0.15) is 0 Å². The predicted octanol–water partition coefficient (Wildman–Crippen LogP) is 1.55. The number of hydrogen-bond donors (Lipinski definition) is 1. The van der Waals surface area contributed by atoms with Crippen LogP contribution in [0.3, 0.4) is 0 Å². The van der Waals surface area contributed by atoms with Gasteiger partial charge in [0, 0.05) is 32.5 Å². The van der Waals surface area contributed by atoms with Gasteiger partial charge in [-0.1, -0.05) is 18.2 Å². The van der Waals surface area contributed by atoms with Crippen molar-refractivity contribution >= 4 is 11.8 Å². The van der Waals surface area contributed by atoms with Crippen molar-refractivity contribution in [3.63, 3.8) is 0 Å². The molecular formula is C13H15NO3. The van der Waals surface area contributed by atoms with E-state index in [-0.39, 0.29) is 0 Å². The van der Waals surface area contributed by atoms with Crippen LogP contribution < -0.4 is 0 Å². The molecule has 0 aromatic heterocycles. The number of benzene rings is 1. The quantitative estimate of drug-likeness (QED) is 0.860. The summed E-state index contributed by atoms with van der Waals surface area (Å²) in [6, 6.07) is 7.02. The first-order chi connectivity index (χ1) is 8.16. The second kappa shape index (κ2) is 5.10. The number of nitrogens with zero attached hydrogens (tertiary/aromatic N) is 1. The molecule has 90 valence electrons. The Morgan fingerprint density at radius 3 is 2.53 bits per heavy atom. The molecule has 1 aliphatic rings. The number of piperidine rings is 1. The Bertz CT molecular complexity index is 432. The Morgan fingerprint density at radius 2 is 1.88 bits per heavy atom. The van der Waals surface area contributed by atoms with Gasteiger partial charge in [0.1, 0.15) is 5.78 Å². The monoisotopic (exact) mass is 233 g/mol. The van der Waals surface area contributed by atoms with Crippen molar-refractivity contribution in [2.24, 2.45) is 0 Å². The summed E-state index contributed by atoms with van der Waals surface area (Å²) in [5.41, 5.74) is 1.17.